The summed E-state index contributed by atoms with van der Waals surface area (Å²) in [6.45, 7) is 2.54. The summed E-state index contributed by atoms with van der Waals surface area (Å²) in [5.41, 5.74) is -0.345. The molecule has 0 bridgehead atoms. The molecule has 0 spiro atoms. The Balaban J connectivity index is 2.11. The van der Waals surface area contributed by atoms with Gasteiger partial charge in [0.15, 0.2) is 5.65 Å². The molecule has 1 atom stereocenters. The predicted octanol–water partition coefficient (Wildman–Crippen LogP) is 1.21. The van der Waals surface area contributed by atoms with Crippen molar-refractivity contribution in [1.82, 2.24) is 20.2 Å². The van der Waals surface area contributed by atoms with Gasteiger partial charge >= 0.3 is 0 Å². The minimum atomic E-state index is -0.899. The van der Waals surface area contributed by atoms with Gasteiger partial charge in [0.05, 0.1) is 17.2 Å². The molecule has 0 aromatic carbocycles. The van der Waals surface area contributed by atoms with Gasteiger partial charge in [-0.2, -0.15) is 15.1 Å². The van der Waals surface area contributed by atoms with Gasteiger partial charge < -0.3 is 15.2 Å². The smallest absolute Gasteiger partial charge is 0.226 e. The first-order chi connectivity index (χ1) is 9.02. The van der Waals surface area contributed by atoms with E-state index in [4.69, 9.17) is 16.3 Å². The molecule has 1 unspecified atom stereocenters. The third kappa shape index (κ3) is 3.52. The van der Waals surface area contributed by atoms with Crippen LogP contribution >= 0.6 is 11.6 Å². The summed E-state index contributed by atoms with van der Waals surface area (Å²) in [7, 11) is 1.60. The molecule has 0 fully saturated rings. The summed E-state index contributed by atoms with van der Waals surface area (Å²) < 4.78 is 4.96. The lowest BCUT2D eigenvalue weighted by Crippen LogP contribution is -2.34. The Kier molecular flexibility index (Phi) is 4.18. The van der Waals surface area contributed by atoms with Crippen LogP contribution in [0.5, 0.6) is 0 Å². The Morgan fingerprint density at radius 3 is 3.05 bits per heavy atom. The van der Waals surface area contributed by atoms with Gasteiger partial charge in [-0.15, -0.1) is 0 Å². The van der Waals surface area contributed by atoms with Gasteiger partial charge in [-0.05, 0) is 18.5 Å². The first-order valence-corrected chi connectivity index (χ1v) is 6.21. The van der Waals surface area contributed by atoms with Crippen molar-refractivity contribution in [2.24, 2.45) is 0 Å². The molecule has 104 valence electrons. The number of halogens is 1. The molecule has 2 rings (SSSR count). The SMILES string of the molecule is COCCC(C)(O)CNc1nc(Cl)nc2[nH]ncc12. The van der Waals surface area contributed by atoms with Crippen molar-refractivity contribution in [2.45, 2.75) is 18.9 Å². The summed E-state index contributed by atoms with van der Waals surface area (Å²) in [5, 5.41) is 20.7. The van der Waals surface area contributed by atoms with Crippen molar-refractivity contribution in [1.29, 1.82) is 0 Å². The van der Waals surface area contributed by atoms with E-state index < -0.39 is 5.60 Å². The van der Waals surface area contributed by atoms with Gasteiger partial charge in [0.1, 0.15) is 5.82 Å². The average Bonchev–Trinajstić information content (AvgIpc) is 2.81. The van der Waals surface area contributed by atoms with Crippen LogP contribution in [-0.4, -0.2) is 51.1 Å². The molecule has 0 radical (unpaired) electrons. The highest BCUT2D eigenvalue weighted by molar-refractivity contribution is 6.28. The van der Waals surface area contributed by atoms with Crippen molar-refractivity contribution in [3.8, 4) is 0 Å². The quantitative estimate of drug-likeness (QED) is 0.690. The standard InChI is InChI=1S/C11H16ClN5O2/c1-11(18,3-4-19-2)6-13-8-7-5-14-17-9(7)16-10(12)15-8/h5,18H,3-4,6H2,1-2H3,(H2,13,14,15,16,17). The zero-order valence-corrected chi connectivity index (χ0v) is 11.5. The second-order valence-corrected chi connectivity index (χ2v) is 4.90. The maximum absolute atomic E-state index is 10.2. The van der Waals surface area contributed by atoms with Crippen LogP contribution < -0.4 is 5.32 Å². The topological polar surface area (TPSA) is 96.0 Å². The summed E-state index contributed by atoms with van der Waals surface area (Å²) in [6.07, 6.45) is 2.13. The van der Waals surface area contributed by atoms with Crippen LogP contribution in [-0.2, 0) is 4.74 Å². The molecule has 2 aromatic rings. The molecule has 0 amide bonds. The number of nitrogens with zero attached hydrogens (tertiary/aromatic N) is 3. The summed E-state index contributed by atoms with van der Waals surface area (Å²) in [5.74, 6) is 0.543. The number of ether oxygens (including phenoxy) is 1. The van der Waals surface area contributed by atoms with E-state index in [1.807, 2.05) is 0 Å². The Hall–Kier alpha value is -1.44. The van der Waals surface area contributed by atoms with Gasteiger partial charge in [-0.1, -0.05) is 0 Å². The van der Waals surface area contributed by atoms with Crippen LogP contribution in [0.2, 0.25) is 5.28 Å². The first-order valence-electron chi connectivity index (χ1n) is 5.84. The fourth-order valence-corrected chi connectivity index (χ4v) is 1.80. The fourth-order valence-electron chi connectivity index (χ4n) is 1.63. The van der Waals surface area contributed by atoms with Gasteiger partial charge in [0.2, 0.25) is 5.28 Å². The van der Waals surface area contributed by atoms with E-state index in [0.717, 1.165) is 5.39 Å². The van der Waals surface area contributed by atoms with E-state index in [1.54, 1.807) is 20.2 Å². The average molecular weight is 286 g/mol. The molecule has 0 aliphatic heterocycles. The van der Waals surface area contributed by atoms with Crippen LogP contribution in [0.1, 0.15) is 13.3 Å². The van der Waals surface area contributed by atoms with Gasteiger partial charge in [-0.25, -0.2) is 0 Å². The second kappa shape index (κ2) is 5.68. The Bertz CT molecular complexity index is 557. The number of methoxy groups -OCH3 is 1. The van der Waals surface area contributed by atoms with E-state index in [-0.39, 0.29) is 5.28 Å². The first kappa shape index (κ1) is 14.0. The van der Waals surface area contributed by atoms with E-state index in [1.165, 1.54) is 0 Å². The van der Waals surface area contributed by atoms with E-state index in [0.29, 0.717) is 31.0 Å². The molecule has 0 saturated heterocycles. The number of nitrogens with one attached hydrogen (secondary N) is 2. The molecule has 2 aromatic heterocycles. The minimum absolute atomic E-state index is 0.121. The maximum Gasteiger partial charge on any atom is 0.226 e. The number of anilines is 1. The number of H-pyrrole nitrogens is 1. The van der Waals surface area contributed by atoms with E-state index >= 15 is 0 Å². The van der Waals surface area contributed by atoms with Crippen molar-refractivity contribution in [3.05, 3.63) is 11.5 Å². The zero-order valence-electron chi connectivity index (χ0n) is 10.8. The number of aromatic amines is 1. The molecule has 2 heterocycles. The molecule has 3 N–H and O–H groups in total. The molecule has 0 aliphatic carbocycles. The number of aliphatic hydroxyl groups is 1. The third-order valence-electron chi connectivity index (χ3n) is 2.76. The largest absolute Gasteiger partial charge is 0.388 e. The number of hydrogen-bond donors (Lipinski definition) is 3. The van der Waals surface area contributed by atoms with E-state index in [2.05, 4.69) is 25.5 Å². The lowest BCUT2D eigenvalue weighted by Gasteiger charge is -2.23. The third-order valence-corrected chi connectivity index (χ3v) is 2.93. The van der Waals surface area contributed by atoms with Crippen LogP contribution in [0.15, 0.2) is 6.20 Å². The molecular weight excluding hydrogens is 270 g/mol. The number of fused-ring (bicyclic) bond motifs is 1. The molecule has 7 nitrogen and oxygen atoms in total. The van der Waals surface area contributed by atoms with Gasteiger partial charge in [0, 0.05) is 26.7 Å². The Morgan fingerprint density at radius 1 is 1.53 bits per heavy atom. The molecular formula is C11H16ClN5O2. The monoisotopic (exact) mass is 285 g/mol. The zero-order chi connectivity index (χ0) is 13.9. The second-order valence-electron chi connectivity index (χ2n) is 4.57. The van der Waals surface area contributed by atoms with E-state index in [9.17, 15) is 5.11 Å². The number of aromatic nitrogens is 4. The predicted molar refractivity (Wildman–Crippen MR) is 72.3 cm³/mol. The maximum atomic E-state index is 10.2. The lowest BCUT2D eigenvalue weighted by molar-refractivity contribution is 0.0357. The normalized spacial score (nSPS) is 14.5. The molecule has 8 heteroatoms. The van der Waals surface area contributed by atoms with Crippen molar-refractivity contribution in [2.75, 3.05) is 25.6 Å². The lowest BCUT2D eigenvalue weighted by atomic mass is 10.0. The van der Waals surface area contributed by atoms with Crippen molar-refractivity contribution >= 4 is 28.5 Å². The Morgan fingerprint density at radius 2 is 2.32 bits per heavy atom. The van der Waals surface area contributed by atoms with Crippen LogP contribution in [0.3, 0.4) is 0 Å². The highest BCUT2D eigenvalue weighted by Crippen LogP contribution is 2.21. The highest BCUT2D eigenvalue weighted by Gasteiger charge is 2.20. The van der Waals surface area contributed by atoms with Crippen LogP contribution in [0.25, 0.3) is 11.0 Å². The van der Waals surface area contributed by atoms with Crippen molar-refractivity contribution in [3.63, 3.8) is 0 Å². The summed E-state index contributed by atoms with van der Waals surface area (Å²) in [6, 6.07) is 0. The van der Waals surface area contributed by atoms with Gasteiger partial charge in [0.25, 0.3) is 0 Å². The molecule has 0 saturated carbocycles. The highest BCUT2D eigenvalue weighted by atomic mass is 35.5. The van der Waals surface area contributed by atoms with Crippen LogP contribution in [0.4, 0.5) is 5.82 Å². The fraction of sp³-hybridized carbons (Fsp3) is 0.545. The number of hydrogen-bond acceptors (Lipinski definition) is 6. The van der Waals surface area contributed by atoms with Gasteiger partial charge in [-0.3, -0.25) is 5.10 Å². The minimum Gasteiger partial charge on any atom is -0.388 e. The summed E-state index contributed by atoms with van der Waals surface area (Å²) in [4.78, 5) is 8.10. The van der Waals surface area contributed by atoms with Crippen molar-refractivity contribution < 1.29 is 9.84 Å². The molecule has 0 aliphatic rings. The Labute approximate surface area is 115 Å². The van der Waals surface area contributed by atoms with Crippen LogP contribution in [0, 0.1) is 0 Å². The molecule has 19 heavy (non-hydrogen) atoms. The summed E-state index contributed by atoms with van der Waals surface area (Å²) >= 11 is 5.82. The number of rotatable bonds is 6.